The van der Waals surface area contributed by atoms with Crippen LogP contribution in [-0.2, 0) is 21.2 Å². The van der Waals surface area contributed by atoms with Crippen LogP contribution in [0.1, 0.15) is 31.2 Å². The molecular formula is C15H21N3O3S. The van der Waals surface area contributed by atoms with Crippen molar-refractivity contribution in [2.24, 2.45) is 11.7 Å². The third kappa shape index (κ3) is 3.48. The Morgan fingerprint density at radius 1 is 1.32 bits per heavy atom. The number of amides is 1. The van der Waals surface area contributed by atoms with Crippen molar-refractivity contribution in [2.75, 3.05) is 11.9 Å². The van der Waals surface area contributed by atoms with Crippen molar-refractivity contribution in [3.8, 4) is 0 Å². The minimum atomic E-state index is -3.56. The predicted molar refractivity (Wildman–Crippen MR) is 83.9 cm³/mol. The van der Waals surface area contributed by atoms with Crippen LogP contribution in [0.2, 0.25) is 0 Å². The average molecular weight is 323 g/mol. The SMILES string of the molecule is NC(CNS(=O)(=O)c1ccc2c(c1)CCCC(=O)N2)C1CC1. The van der Waals surface area contributed by atoms with E-state index in [4.69, 9.17) is 5.73 Å². The second kappa shape index (κ2) is 5.98. The second-order valence-electron chi connectivity index (χ2n) is 6.07. The lowest BCUT2D eigenvalue weighted by Gasteiger charge is -2.13. The quantitative estimate of drug-likeness (QED) is 0.751. The highest BCUT2D eigenvalue weighted by Gasteiger charge is 2.29. The zero-order chi connectivity index (χ0) is 15.7. The first-order valence-corrected chi connectivity index (χ1v) is 9.12. The molecule has 1 amide bonds. The predicted octanol–water partition coefficient (Wildman–Crippen LogP) is 0.977. The molecule has 7 heteroatoms. The highest BCUT2D eigenvalue weighted by Crippen LogP contribution is 2.31. The largest absolute Gasteiger partial charge is 0.326 e. The fourth-order valence-electron chi connectivity index (χ4n) is 2.70. The van der Waals surface area contributed by atoms with E-state index in [2.05, 4.69) is 10.0 Å². The van der Waals surface area contributed by atoms with Crippen LogP contribution >= 0.6 is 0 Å². The number of fused-ring (bicyclic) bond motifs is 1. The molecular weight excluding hydrogens is 302 g/mol. The van der Waals surface area contributed by atoms with Crippen molar-refractivity contribution in [3.63, 3.8) is 0 Å². The second-order valence-corrected chi connectivity index (χ2v) is 7.84. The number of carbonyl (C=O) groups is 1. The standard InChI is InChI=1S/C15H21N3O3S/c16-13(10-4-5-10)9-17-22(20,21)12-6-7-14-11(8-12)2-1-3-15(19)18-14/h6-8,10,13,17H,1-5,9,16H2,(H,18,19). The van der Waals surface area contributed by atoms with E-state index in [1.54, 1.807) is 12.1 Å². The summed E-state index contributed by atoms with van der Waals surface area (Å²) in [6.45, 7) is 0.265. The normalized spacial score (nSPS) is 20.0. The Morgan fingerprint density at radius 3 is 2.82 bits per heavy atom. The molecule has 0 spiro atoms. The van der Waals surface area contributed by atoms with Gasteiger partial charge in [-0.1, -0.05) is 0 Å². The van der Waals surface area contributed by atoms with E-state index in [1.165, 1.54) is 6.07 Å². The maximum atomic E-state index is 12.4. The van der Waals surface area contributed by atoms with Gasteiger partial charge in [0.1, 0.15) is 0 Å². The molecule has 1 aromatic carbocycles. The minimum absolute atomic E-state index is 0.0251. The van der Waals surface area contributed by atoms with Gasteiger partial charge in [0.05, 0.1) is 4.90 Å². The Balaban J connectivity index is 1.75. The van der Waals surface area contributed by atoms with Crippen molar-refractivity contribution in [1.29, 1.82) is 0 Å². The lowest BCUT2D eigenvalue weighted by atomic mass is 10.1. The van der Waals surface area contributed by atoms with Crippen LogP contribution in [0.15, 0.2) is 23.1 Å². The summed E-state index contributed by atoms with van der Waals surface area (Å²) in [5.41, 5.74) is 7.50. The molecule has 22 heavy (non-hydrogen) atoms. The van der Waals surface area contributed by atoms with Gasteiger partial charge in [0.15, 0.2) is 0 Å². The van der Waals surface area contributed by atoms with Crippen LogP contribution in [0.4, 0.5) is 5.69 Å². The number of benzene rings is 1. The van der Waals surface area contributed by atoms with Gasteiger partial charge in [0, 0.05) is 24.7 Å². The zero-order valence-corrected chi connectivity index (χ0v) is 13.2. The number of aryl methyl sites for hydroxylation is 1. The molecule has 1 aromatic rings. The average Bonchev–Trinajstić information content (AvgIpc) is 3.31. The first-order chi connectivity index (χ1) is 10.5. The number of rotatable bonds is 5. The molecule has 6 nitrogen and oxygen atoms in total. The van der Waals surface area contributed by atoms with Crippen molar-refractivity contribution >= 4 is 21.6 Å². The van der Waals surface area contributed by atoms with E-state index in [-0.39, 0.29) is 23.4 Å². The molecule has 1 unspecified atom stereocenters. The summed E-state index contributed by atoms with van der Waals surface area (Å²) in [5, 5.41) is 2.80. The fourth-order valence-corrected chi connectivity index (χ4v) is 3.82. The smallest absolute Gasteiger partial charge is 0.240 e. The maximum absolute atomic E-state index is 12.4. The molecule has 3 rings (SSSR count). The summed E-state index contributed by atoms with van der Waals surface area (Å²) >= 11 is 0. The minimum Gasteiger partial charge on any atom is -0.326 e. The molecule has 0 radical (unpaired) electrons. The summed E-state index contributed by atoms with van der Waals surface area (Å²) in [6, 6.07) is 4.71. The molecule has 1 fully saturated rings. The number of hydrogen-bond acceptors (Lipinski definition) is 4. The molecule has 0 aromatic heterocycles. The number of hydrogen-bond donors (Lipinski definition) is 3. The van der Waals surface area contributed by atoms with Gasteiger partial charge in [0.25, 0.3) is 0 Å². The molecule has 1 aliphatic heterocycles. The van der Waals surface area contributed by atoms with Crippen LogP contribution in [0.25, 0.3) is 0 Å². The van der Waals surface area contributed by atoms with Crippen LogP contribution < -0.4 is 15.8 Å². The molecule has 1 heterocycles. The molecule has 4 N–H and O–H groups in total. The molecule has 0 saturated heterocycles. The van der Waals surface area contributed by atoms with Gasteiger partial charge < -0.3 is 11.1 Å². The topological polar surface area (TPSA) is 101 Å². The Morgan fingerprint density at radius 2 is 2.09 bits per heavy atom. The third-order valence-corrected chi connectivity index (χ3v) is 5.67. The molecule has 1 saturated carbocycles. The summed E-state index contributed by atoms with van der Waals surface area (Å²) in [7, 11) is -3.56. The summed E-state index contributed by atoms with van der Waals surface area (Å²) in [6.07, 6.45) is 4.05. The van der Waals surface area contributed by atoms with Gasteiger partial charge in [-0.25, -0.2) is 13.1 Å². The van der Waals surface area contributed by atoms with Gasteiger partial charge in [-0.15, -0.1) is 0 Å². The highest BCUT2D eigenvalue weighted by atomic mass is 32.2. The van der Waals surface area contributed by atoms with E-state index >= 15 is 0 Å². The third-order valence-electron chi connectivity index (χ3n) is 4.25. The van der Waals surface area contributed by atoms with Crippen molar-refractivity contribution in [3.05, 3.63) is 23.8 Å². The van der Waals surface area contributed by atoms with E-state index in [1.807, 2.05) is 0 Å². The van der Waals surface area contributed by atoms with E-state index in [0.29, 0.717) is 24.4 Å². The Bertz CT molecular complexity index is 683. The summed E-state index contributed by atoms with van der Waals surface area (Å²) < 4.78 is 27.3. The monoisotopic (exact) mass is 323 g/mol. The Hall–Kier alpha value is -1.44. The van der Waals surface area contributed by atoms with E-state index < -0.39 is 10.0 Å². The number of anilines is 1. The van der Waals surface area contributed by atoms with E-state index in [9.17, 15) is 13.2 Å². The molecule has 2 aliphatic rings. The first kappa shape index (κ1) is 15.5. The number of nitrogens with one attached hydrogen (secondary N) is 2. The molecule has 1 aliphatic carbocycles. The molecule has 120 valence electrons. The van der Waals surface area contributed by atoms with Gasteiger partial charge in [-0.3, -0.25) is 4.79 Å². The number of nitrogens with two attached hydrogens (primary N) is 1. The lowest BCUT2D eigenvalue weighted by Crippen LogP contribution is -2.38. The lowest BCUT2D eigenvalue weighted by molar-refractivity contribution is -0.116. The summed E-state index contributed by atoms with van der Waals surface area (Å²) in [5.74, 6) is 0.424. The van der Waals surface area contributed by atoms with Crippen molar-refractivity contribution < 1.29 is 13.2 Å². The molecule has 1 atom stereocenters. The van der Waals surface area contributed by atoms with Crippen LogP contribution in [0.5, 0.6) is 0 Å². The highest BCUT2D eigenvalue weighted by molar-refractivity contribution is 7.89. The first-order valence-electron chi connectivity index (χ1n) is 7.64. The van der Waals surface area contributed by atoms with Gasteiger partial charge in [-0.05, 0) is 55.4 Å². The van der Waals surface area contributed by atoms with Gasteiger partial charge in [-0.2, -0.15) is 0 Å². The molecule has 0 bridgehead atoms. The fraction of sp³-hybridized carbons (Fsp3) is 0.533. The van der Waals surface area contributed by atoms with Crippen LogP contribution in [0, 0.1) is 5.92 Å². The number of carbonyl (C=O) groups excluding carboxylic acids is 1. The van der Waals surface area contributed by atoms with Crippen LogP contribution in [-0.4, -0.2) is 26.9 Å². The van der Waals surface area contributed by atoms with Crippen molar-refractivity contribution in [2.45, 2.75) is 43.0 Å². The number of sulfonamides is 1. The Labute approximate surface area is 130 Å². The maximum Gasteiger partial charge on any atom is 0.240 e. The summed E-state index contributed by atoms with van der Waals surface area (Å²) in [4.78, 5) is 11.7. The van der Waals surface area contributed by atoms with E-state index in [0.717, 1.165) is 24.8 Å². The van der Waals surface area contributed by atoms with Crippen molar-refractivity contribution in [1.82, 2.24) is 4.72 Å². The van der Waals surface area contributed by atoms with Gasteiger partial charge in [0.2, 0.25) is 15.9 Å². The van der Waals surface area contributed by atoms with Crippen LogP contribution in [0.3, 0.4) is 0 Å². The zero-order valence-electron chi connectivity index (χ0n) is 12.3. The Kier molecular flexibility index (Phi) is 4.20. The van der Waals surface area contributed by atoms with Gasteiger partial charge >= 0.3 is 0 Å².